The number of ether oxygens (including phenoxy) is 2. The van der Waals surface area contributed by atoms with Crippen LogP contribution in [0.3, 0.4) is 0 Å². The topological polar surface area (TPSA) is 60.4 Å². The standard InChI is InChI=1S/C19H24ClFN4O2/c1-18(2,3)27-16-13-9-22-15(20)7-14(13)23-17(24-16)26-11-19-5-4-6-25(19)10-12(21)8-19/h7,9,12H,4-6,8,10-11H2,1-3H3/t12-,19+/m1/s1. The third-order valence-corrected chi connectivity index (χ3v) is 5.33. The second-order valence-electron chi connectivity index (χ2n) is 8.41. The molecule has 146 valence electrons. The van der Waals surface area contributed by atoms with Gasteiger partial charge in [0.15, 0.2) is 0 Å². The maximum absolute atomic E-state index is 13.9. The Balaban J connectivity index is 1.63. The summed E-state index contributed by atoms with van der Waals surface area (Å²) >= 11 is 6.02. The summed E-state index contributed by atoms with van der Waals surface area (Å²) in [5.74, 6) is 0.405. The summed E-state index contributed by atoms with van der Waals surface area (Å²) < 4.78 is 25.9. The summed E-state index contributed by atoms with van der Waals surface area (Å²) in [5, 5.41) is 1.01. The van der Waals surface area contributed by atoms with Crippen molar-refractivity contribution in [1.29, 1.82) is 0 Å². The van der Waals surface area contributed by atoms with Crippen molar-refractivity contribution >= 4 is 22.5 Å². The monoisotopic (exact) mass is 394 g/mol. The average molecular weight is 395 g/mol. The SMILES string of the molecule is CC(C)(C)Oc1nc(OC[C@@]23CCCN2C[C@H](F)C3)nc2cc(Cl)ncc12. The van der Waals surface area contributed by atoms with Crippen molar-refractivity contribution in [2.75, 3.05) is 19.7 Å². The third kappa shape index (κ3) is 3.80. The van der Waals surface area contributed by atoms with Gasteiger partial charge in [-0.3, -0.25) is 4.90 Å². The zero-order valence-corrected chi connectivity index (χ0v) is 16.6. The van der Waals surface area contributed by atoms with E-state index in [1.165, 1.54) is 0 Å². The molecule has 2 atom stereocenters. The summed E-state index contributed by atoms with van der Waals surface area (Å²) in [5.41, 5.74) is -0.0835. The largest absolute Gasteiger partial charge is 0.471 e. The maximum Gasteiger partial charge on any atom is 0.320 e. The molecule has 2 aliphatic rings. The molecule has 2 fully saturated rings. The van der Waals surface area contributed by atoms with E-state index in [1.54, 1.807) is 12.3 Å². The normalized spacial score (nSPS) is 25.7. The second kappa shape index (κ2) is 6.71. The number of halogens is 2. The van der Waals surface area contributed by atoms with Gasteiger partial charge >= 0.3 is 6.01 Å². The van der Waals surface area contributed by atoms with Gasteiger partial charge in [0.1, 0.15) is 23.5 Å². The molecule has 2 aromatic rings. The Morgan fingerprint density at radius 2 is 2.19 bits per heavy atom. The molecule has 0 radical (unpaired) electrons. The fourth-order valence-corrected chi connectivity index (χ4v) is 4.18. The minimum absolute atomic E-state index is 0.215. The molecule has 6 nitrogen and oxygen atoms in total. The van der Waals surface area contributed by atoms with Gasteiger partial charge in [-0.15, -0.1) is 0 Å². The molecule has 27 heavy (non-hydrogen) atoms. The predicted molar refractivity (Wildman–Crippen MR) is 101 cm³/mol. The van der Waals surface area contributed by atoms with Crippen LogP contribution >= 0.6 is 11.6 Å². The van der Waals surface area contributed by atoms with Crippen LogP contribution in [0.1, 0.15) is 40.0 Å². The quantitative estimate of drug-likeness (QED) is 0.735. The van der Waals surface area contributed by atoms with E-state index in [4.69, 9.17) is 21.1 Å². The van der Waals surface area contributed by atoms with E-state index >= 15 is 0 Å². The van der Waals surface area contributed by atoms with E-state index in [0.29, 0.717) is 41.5 Å². The first-order valence-corrected chi connectivity index (χ1v) is 9.66. The number of pyridine rings is 1. The molecule has 4 rings (SSSR count). The van der Waals surface area contributed by atoms with Crippen LogP contribution < -0.4 is 9.47 Å². The average Bonchev–Trinajstić information content (AvgIpc) is 3.07. The first kappa shape index (κ1) is 18.6. The molecule has 2 aliphatic heterocycles. The van der Waals surface area contributed by atoms with Gasteiger partial charge in [0.25, 0.3) is 0 Å². The number of aromatic nitrogens is 3. The number of nitrogens with zero attached hydrogens (tertiary/aromatic N) is 4. The lowest BCUT2D eigenvalue weighted by Crippen LogP contribution is -2.43. The Bertz CT molecular complexity index is 859. The Morgan fingerprint density at radius 1 is 1.37 bits per heavy atom. The van der Waals surface area contributed by atoms with Gasteiger partial charge in [-0.2, -0.15) is 9.97 Å². The number of alkyl halides is 1. The van der Waals surface area contributed by atoms with Crippen molar-refractivity contribution in [3.05, 3.63) is 17.4 Å². The lowest BCUT2D eigenvalue weighted by Gasteiger charge is -2.30. The smallest absolute Gasteiger partial charge is 0.320 e. The molecular weight excluding hydrogens is 371 g/mol. The zero-order chi connectivity index (χ0) is 19.2. The molecule has 0 aromatic carbocycles. The molecular formula is C19H24ClFN4O2. The van der Waals surface area contributed by atoms with Gasteiger partial charge in [0.2, 0.25) is 5.88 Å². The van der Waals surface area contributed by atoms with Crippen LogP contribution in [-0.2, 0) is 0 Å². The first-order valence-electron chi connectivity index (χ1n) is 9.28. The van der Waals surface area contributed by atoms with E-state index in [-0.39, 0.29) is 11.5 Å². The molecule has 0 bridgehead atoms. The highest BCUT2D eigenvalue weighted by atomic mass is 35.5. The maximum atomic E-state index is 13.9. The summed E-state index contributed by atoms with van der Waals surface area (Å²) in [6.45, 7) is 7.61. The fourth-order valence-electron chi connectivity index (χ4n) is 4.03. The predicted octanol–water partition coefficient (Wildman–Crippen LogP) is 3.81. The van der Waals surface area contributed by atoms with Crippen molar-refractivity contribution in [2.45, 2.75) is 57.3 Å². The summed E-state index contributed by atoms with van der Waals surface area (Å²) in [4.78, 5) is 15.2. The van der Waals surface area contributed by atoms with Crippen LogP contribution in [0.5, 0.6) is 11.9 Å². The lowest BCUT2D eigenvalue weighted by atomic mass is 9.95. The molecule has 0 amide bonds. The highest BCUT2D eigenvalue weighted by Crippen LogP contribution is 2.40. The summed E-state index contributed by atoms with van der Waals surface area (Å²) in [7, 11) is 0. The number of hydrogen-bond donors (Lipinski definition) is 0. The molecule has 2 aromatic heterocycles. The van der Waals surface area contributed by atoms with E-state index in [9.17, 15) is 4.39 Å². The van der Waals surface area contributed by atoms with Crippen LogP contribution in [0.15, 0.2) is 12.3 Å². The van der Waals surface area contributed by atoms with Crippen molar-refractivity contribution in [3.63, 3.8) is 0 Å². The number of rotatable bonds is 4. The van der Waals surface area contributed by atoms with Gasteiger partial charge in [0.05, 0.1) is 16.4 Å². The molecule has 4 heterocycles. The van der Waals surface area contributed by atoms with Crippen LogP contribution in [-0.4, -0.2) is 56.9 Å². The van der Waals surface area contributed by atoms with E-state index < -0.39 is 11.8 Å². The van der Waals surface area contributed by atoms with Gasteiger partial charge in [-0.05, 0) is 40.2 Å². The van der Waals surface area contributed by atoms with Gasteiger partial charge in [-0.25, -0.2) is 9.37 Å². The second-order valence-corrected chi connectivity index (χ2v) is 8.80. The molecule has 0 spiro atoms. The number of fused-ring (bicyclic) bond motifs is 2. The highest BCUT2D eigenvalue weighted by molar-refractivity contribution is 6.30. The molecule has 0 N–H and O–H groups in total. The molecule has 0 unspecified atom stereocenters. The van der Waals surface area contributed by atoms with E-state index in [2.05, 4.69) is 19.9 Å². The van der Waals surface area contributed by atoms with Gasteiger partial charge in [0, 0.05) is 25.2 Å². The fraction of sp³-hybridized carbons (Fsp3) is 0.632. The Kier molecular flexibility index (Phi) is 4.63. The molecule has 2 saturated heterocycles. The first-order chi connectivity index (χ1) is 12.7. The van der Waals surface area contributed by atoms with Crippen molar-refractivity contribution in [3.8, 4) is 11.9 Å². The Morgan fingerprint density at radius 3 is 2.96 bits per heavy atom. The zero-order valence-electron chi connectivity index (χ0n) is 15.8. The van der Waals surface area contributed by atoms with Crippen LogP contribution in [0.2, 0.25) is 5.15 Å². The van der Waals surface area contributed by atoms with Crippen LogP contribution in [0.25, 0.3) is 10.9 Å². The van der Waals surface area contributed by atoms with Crippen molar-refractivity contribution < 1.29 is 13.9 Å². The van der Waals surface area contributed by atoms with Crippen LogP contribution in [0.4, 0.5) is 4.39 Å². The minimum Gasteiger partial charge on any atom is -0.471 e. The number of hydrogen-bond acceptors (Lipinski definition) is 6. The van der Waals surface area contributed by atoms with Crippen LogP contribution in [0, 0.1) is 0 Å². The minimum atomic E-state index is -0.795. The highest BCUT2D eigenvalue weighted by Gasteiger charge is 2.49. The van der Waals surface area contributed by atoms with E-state index in [1.807, 2.05) is 20.8 Å². The Hall–Kier alpha value is -1.73. The molecule has 8 heteroatoms. The molecule has 0 aliphatic carbocycles. The summed E-state index contributed by atoms with van der Waals surface area (Å²) in [6.07, 6.45) is 3.30. The summed E-state index contributed by atoms with van der Waals surface area (Å²) in [6, 6.07) is 1.88. The lowest BCUT2D eigenvalue weighted by molar-refractivity contribution is 0.102. The van der Waals surface area contributed by atoms with E-state index in [0.717, 1.165) is 19.4 Å². The van der Waals surface area contributed by atoms with Crippen molar-refractivity contribution in [2.24, 2.45) is 0 Å². The van der Waals surface area contributed by atoms with Gasteiger partial charge < -0.3 is 9.47 Å². The Labute approximate surface area is 163 Å². The van der Waals surface area contributed by atoms with Crippen molar-refractivity contribution in [1.82, 2.24) is 19.9 Å². The molecule has 0 saturated carbocycles. The third-order valence-electron chi connectivity index (χ3n) is 5.13. The van der Waals surface area contributed by atoms with Gasteiger partial charge in [-0.1, -0.05) is 11.6 Å².